The molecule has 208 valence electrons. The Bertz CT molecular complexity index is 1120. The van der Waals surface area contributed by atoms with Crippen LogP contribution < -0.4 is 14.2 Å². The van der Waals surface area contributed by atoms with E-state index >= 15 is 0 Å². The number of ether oxygens (including phenoxy) is 4. The van der Waals surface area contributed by atoms with Crippen LogP contribution in [0, 0.1) is 5.41 Å². The van der Waals surface area contributed by atoms with Gasteiger partial charge in [-0.15, -0.1) is 0 Å². The van der Waals surface area contributed by atoms with Gasteiger partial charge in [0.1, 0.15) is 28.5 Å². The first-order chi connectivity index (χ1) is 17.5. The molecule has 0 aromatic heterocycles. The normalized spacial score (nSPS) is 12.4. The number of carbonyl (C=O) groups is 2. The van der Waals surface area contributed by atoms with Gasteiger partial charge in [0.2, 0.25) is 6.79 Å². The lowest BCUT2D eigenvalue weighted by Crippen LogP contribution is -2.26. The molecule has 0 unspecified atom stereocenters. The maximum absolute atomic E-state index is 13.1. The molecule has 6 heteroatoms. The summed E-state index contributed by atoms with van der Waals surface area (Å²) in [4.78, 5) is 24.9. The van der Waals surface area contributed by atoms with Gasteiger partial charge in [-0.1, -0.05) is 19.4 Å². The lowest BCUT2D eigenvalue weighted by atomic mass is 9.98. The van der Waals surface area contributed by atoms with Crippen LogP contribution in [0.25, 0.3) is 6.08 Å². The third-order valence-corrected chi connectivity index (χ3v) is 5.15. The van der Waals surface area contributed by atoms with Crippen molar-refractivity contribution in [1.82, 2.24) is 0 Å². The second kappa shape index (κ2) is 12.5. The number of aryl methyl sites for hydroxylation is 1. The van der Waals surface area contributed by atoms with Crippen molar-refractivity contribution in [2.45, 2.75) is 93.3 Å². The fourth-order valence-corrected chi connectivity index (χ4v) is 3.43. The highest BCUT2D eigenvalue weighted by atomic mass is 16.7. The zero-order valence-corrected chi connectivity index (χ0v) is 24.7. The number of allylic oxidation sites excluding steroid dienone is 1. The van der Waals surface area contributed by atoms with E-state index in [1.165, 1.54) is 6.08 Å². The summed E-state index contributed by atoms with van der Waals surface area (Å²) in [5.41, 5.74) is 0.875. The van der Waals surface area contributed by atoms with E-state index in [1.807, 2.05) is 53.7 Å². The van der Waals surface area contributed by atoms with Crippen LogP contribution in [0.3, 0.4) is 0 Å². The van der Waals surface area contributed by atoms with Crippen LogP contribution in [0.4, 0.5) is 0 Å². The van der Waals surface area contributed by atoms with Crippen LogP contribution in [-0.2, 0) is 16.0 Å². The average Bonchev–Trinajstić information content (AvgIpc) is 2.78. The van der Waals surface area contributed by atoms with E-state index in [4.69, 9.17) is 18.9 Å². The van der Waals surface area contributed by atoms with Crippen molar-refractivity contribution in [2.75, 3.05) is 6.79 Å². The average molecular weight is 525 g/mol. The third-order valence-electron chi connectivity index (χ3n) is 5.15. The molecule has 2 aromatic rings. The van der Waals surface area contributed by atoms with Crippen LogP contribution in [0.15, 0.2) is 42.5 Å². The SMILES string of the molecule is CCCc1ccc(OC(C)(C)C)c(C=CC(=O)c2ccc(OCOC(=O)C(C)(C)C)cc2)c1OC(C)(C)C. The molecule has 2 rings (SSSR count). The van der Waals surface area contributed by atoms with E-state index in [0.717, 1.165) is 29.7 Å². The maximum Gasteiger partial charge on any atom is 0.314 e. The molecule has 0 fully saturated rings. The lowest BCUT2D eigenvalue weighted by Gasteiger charge is -2.28. The van der Waals surface area contributed by atoms with Gasteiger partial charge in [0, 0.05) is 5.56 Å². The minimum Gasteiger partial charge on any atom is -0.487 e. The monoisotopic (exact) mass is 524 g/mol. The Labute approximate surface area is 228 Å². The molecule has 0 aliphatic heterocycles. The highest BCUT2D eigenvalue weighted by molar-refractivity contribution is 6.07. The molecule has 0 aliphatic rings. The molecule has 6 nitrogen and oxygen atoms in total. The van der Waals surface area contributed by atoms with E-state index in [0.29, 0.717) is 17.1 Å². The minimum atomic E-state index is -0.600. The fourth-order valence-electron chi connectivity index (χ4n) is 3.43. The molecule has 0 radical (unpaired) electrons. The molecule has 0 saturated carbocycles. The van der Waals surface area contributed by atoms with Gasteiger partial charge in [-0.2, -0.15) is 0 Å². The van der Waals surface area contributed by atoms with Crippen molar-refractivity contribution in [3.8, 4) is 17.2 Å². The van der Waals surface area contributed by atoms with Crippen LogP contribution >= 0.6 is 0 Å². The van der Waals surface area contributed by atoms with Crippen LogP contribution in [0.2, 0.25) is 0 Å². The van der Waals surface area contributed by atoms with Crippen molar-refractivity contribution in [3.63, 3.8) is 0 Å². The van der Waals surface area contributed by atoms with Gasteiger partial charge in [0.05, 0.1) is 11.0 Å². The Balaban J connectivity index is 2.30. The summed E-state index contributed by atoms with van der Waals surface area (Å²) in [6.45, 7) is 19.3. The van der Waals surface area contributed by atoms with E-state index in [9.17, 15) is 9.59 Å². The molecule has 0 atom stereocenters. The number of hydrogen-bond donors (Lipinski definition) is 0. The topological polar surface area (TPSA) is 71.1 Å². The maximum atomic E-state index is 13.1. The van der Waals surface area contributed by atoms with Crippen molar-refractivity contribution in [3.05, 3.63) is 59.2 Å². The molecule has 0 N–H and O–H groups in total. The lowest BCUT2D eigenvalue weighted by molar-refractivity contribution is -0.159. The van der Waals surface area contributed by atoms with Crippen LogP contribution in [0.5, 0.6) is 17.2 Å². The molecular formula is C32H44O6. The number of esters is 1. The molecule has 38 heavy (non-hydrogen) atoms. The summed E-state index contributed by atoms with van der Waals surface area (Å²) in [5.74, 6) is 1.39. The molecule has 0 heterocycles. The smallest absolute Gasteiger partial charge is 0.314 e. The Morgan fingerprint density at radius 3 is 1.95 bits per heavy atom. The Morgan fingerprint density at radius 1 is 0.816 bits per heavy atom. The van der Waals surface area contributed by atoms with Gasteiger partial charge < -0.3 is 18.9 Å². The first-order valence-electron chi connectivity index (χ1n) is 13.2. The zero-order valence-electron chi connectivity index (χ0n) is 24.7. The third kappa shape index (κ3) is 9.88. The summed E-state index contributed by atoms with van der Waals surface area (Å²) in [6, 6.07) is 10.7. The molecule has 0 bridgehead atoms. The number of ketones is 1. The van der Waals surface area contributed by atoms with Gasteiger partial charge in [-0.3, -0.25) is 9.59 Å². The Hall–Kier alpha value is -3.28. The fraction of sp³-hybridized carbons (Fsp3) is 0.500. The van der Waals surface area contributed by atoms with Crippen LogP contribution in [-0.4, -0.2) is 29.7 Å². The zero-order chi connectivity index (χ0) is 28.7. The molecule has 0 aliphatic carbocycles. The second-order valence-corrected chi connectivity index (χ2v) is 12.3. The quantitative estimate of drug-likeness (QED) is 0.137. The van der Waals surface area contributed by atoms with Gasteiger partial charge in [0.25, 0.3) is 0 Å². The molecule has 2 aromatic carbocycles. The first kappa shape index (κ1) is 30.9. The van der Waals surface area contributed by atoms with Crippen molar-refractivity contribution in [2.24, 2.45) is 5.41 Å². The van der Waals surface area contributed by atoms with E-state index in [1.54, 1.807) is 51.1 Å². The van der Waals surface area contributed by atoms with E-state index in [-0.39, 0.29) is 18.5 Å². The minimum absolute atomic E-state index is 0.167. The van der Waals surface area contributed by atoms with Crippen molar-refractivity contribution in [1.29, 1.82) is 0 Å². The van der Waals surface area contributed by atoms with Crippen LogP contribution in [0.1, 0.15) is 97.1 Å². The summed E-state index contributed by atoms with van der Waals surface area (Å²) in [7, 11) is 0. The van der Waals surface area contributed by atoms with Crippen molar-refractivity contribution < 1.29 is 28.5 Å². The Morgan fingerprint density at radius 2 is 1.42 bits per heavy atom. The van der Waals surface area contributed by atoms with Crippen molar-refractivity contribution >= 4 is 17.8 Å². The first-order valence-corrected chi connectivity index (χ1v) is 13.2. The van der Waals surface area contributed by atoms with E-state index < -0.39 is 16.6 Å². The standard InChI is InChI=1S/C32H44O6/c1-11-12-23-15-20-27(37-31(5,6)7)25(28(23)38-32(8,9)10)18-19-26(33)22-13-16-24(17-14-22)35-21-36-29(34)30(2,3)4/h13-20H,11-12,21H2,1-10H3. The Kier molecular flexibility index (Phi) is 10.2. The summed E-state index contributed by atoms with van der Waals surface area (Å²) in [5, 5.41) is 0. The molecule has 0 amide bonds. The van der Waals surface area contributed by atoms with Gasteiger partial charge in [-0.05, 0) is 117 Å². The second-order valence-electron chi connectivity index (χ2n) is 12.3. The number of carbonyl (C=O) groups excluding carboxylic acids is 2. The van der Waals surface area contributed by atoms with E-state index in [2.05, 4.69) is 6.92 Å². The predicted molar refractivity (Wildman–Crippen MR) is 152 cm³/mol. The summed E-state index contributed by atoms with van der Waals surface area (Å²) < 4.78 is 23.3. The highest BCUT2D eigenvalue weighted by Gasteiger charge is 2.24. The number of hydrogen-bond acceptors (Lipinski definition) is 6. The highest BCUT2D eigenvalue weighted by Crippen LogP contribution is 2.38. The summed E-state index contributed by atoms with van der Waals surface area (Å²) >= 11 is 0. The predicted octanol–water partition coefficient (Wildman–Crippen LogP) is 7.82. The molecule has 0 spiro atoms. The van der Waals surface area contributed by atoms with Gasteiger partial charge in [0.15, 0.2) is 5.78 Å². The largest absolute Gasteiger partial charge is 0.487 e. The summed E-state index contributed by atoms with van der Waals surface area (Å²) in [6.07, 6.45) is 5.13. The molecule has 0 saturated heterocycles. The van der Waals surface area contributed by atoms with Gasteiger partial charge in [-0.25, -0.2) is 0 Å². The molecular weight excluding hydrogens is 480 g/mol. The number of benzene rings is 2. The number of rotatable bonds is 10. The van der Waals surface area contributed by atoms with Gasteiger partial charge >= 0.3 is 5.97 Å².